The van der Waals surface area contributed by atoms with Crippen LogP contribution in [-0.4, -0.2) is 28.4 Å². The van der Waals surface area contributed by atoms with Crippen molar-refractivity contribution in [2.75, 3.05) is 28.4 Å². The van der Waals surface area contributed by atoms with Crippen molar-refractivity contribution in [3.05, 3.63) is 82.9 Å². The van der Waals surface area contributed by atoms with Gasteiger partial charge in [-0.1, -0.05) is 35.8 Å². The summed E-state index contributed by atoms with van der Waals surface area (Å²) in [5.41, 5.74) is 3.16. The molecule has 4 heteroatoms. The van der Waals surface area contributed by atoms with Gasteiger partial charge in [0.1, 0.15) is 34.1 Å². The van der Waals surface area contributed by atoms with Gasteiger partial charge in [-0.2, -0.15) is 0 Å². The molecule has 0 aliphatic heterocycles. The van der Waals surface area contributed by atoms with Crippen LogP contribution in [0.5, 0.6) is 23.0 Å². The van der Waals surface area contributed by atoms with Crippen molar-refractivity contribution < 1.29 is 18.9 Å². The van der Waals surface area contributed by atoms with Gasteiger partial charge in [0.05, 0.1) is 28.4 Å². The first kappa shape index (κ1) is 20.7. The lowest BCUT2D eigenvalue weighted by atomic mass is 10.1. The third kappa shape index (κ3) is 4.69. The van der Waals surface area contributed by atoms with Crippen LogP contribution in [0.1, 0.15) is 22.3 Å². The number of rotatable bonds is 4. The molecule has 0 radical (unpaired) electrons. The van der Waals surface area contributed by atoms with Crippen molar-refractivity contribution in [2.45, 2.75) is 0 Å². The molecule has 0 N–H and O–H groups in total. The Morgan fingerprint density at radius 2 is 0.733 bits per heavy atom. The normalized spacial score (nSPS) is 9.47. The van der Waals surface area contributed by atoms with Crippen LogP contribution in [0, 0.1) is 23.7 Å². The maximum absolute atomic E-state index is 5.39. The number of hydrogen-bond acceptors (Lipinski definition) is 4. The van der Waals surface area contributed by atoms with Crippen molar-refractivity contribution in [1.82, 2.24) is 0 Å². The maximum atomic E-state index is 5.39. The molecule has 0 aliphatic rings. The highest BCUT2D eigenvalue weighted by molar-refractivity contribution is 5.59. The quantitative estimate of drug-likeness (QED) is 0.606. The predicted molar refractivity (Wildman–Crippen MR) is 117 cm³/mol. The fraction of sp³-hybridized carbons (Fsp3) is 0.154. The van der Waals surface area contributed by atoms with Gasteiger partial charge in [0.15, 0.2) is 0 Å². The molecule has 0 bridgehead atoms. The van der Waals surface area contributed by atoms with Crippen molar-refractivity contribution in [2.24, 2.45) is 0 Å². The van der Waals surface area contributed by atoms with Crippen LogP contribution >= 0.6 is 0 Å². The van der Waals surface area contributed by atoms with Gasteiger partial charge in [-0.15, -0.1) is 0 Å². The van der Waals surface area contributed by atoms with Crippen molar-refractivity contribution in [1.29, 1.82) is 0 Å². The van der Waals surface area contributed by atoms with Crippen LogP contribution in [-0.2, 0) is 0 Å². The van der Waals surface area contributed by atoms with Crippen LogP contribution < -0.4 is 18.9 Å². The minimum atomic E-state index is 0.676. The Bertz CT molecular complexity index is 1000. The molecule has 0 aromatic heterocycles. The highest BCUT2D eigenvalue weighted by Gasteiger charge is 2.07. The Hall–Kier alpha value is -4.02. The third-order valence-electron chi connectivity index (χ3n) is 4.40. The first-order valence-electron chi connectivity index (χ1n) is 9.26. The number of hydrogen-bond donors (Lipinski definition) is 0. The lowest BCUT2D eigenvalue weighted by molar-refractivity contribution is 0.392. The molecule has 3 aromatic carbocycles. The summed E-state index contributed by atoms with van der Waals surface area (Å²) in [5.74, 6) is 15.3. The standard InChI is InChI=1S/C26H22O4/c1-27-23-7-5-8-24(28-2)21(23)17-15-19-11-13-20(14-12-19)16-18-22-25(29-3)9-6-10-26(22)30-4/h5-14H,1-4H3. The van der Waals surface area contributed by atoms with E-state index in [1.165, 1.54) is 0 Å². The summed E-state index contributed by atoms with van der Waals surface area (Å²) in [6, 6.07) is 18.9. The molecular weight excluding hydrogens is 376 g/mol. The fourth-order valence-electron chi connectivity index (χ4n) is 2.86. The first-order valence-corrected chi connectivity index (χ1v) is 9.26. The summed E-state index contributed by atoms with van der Waals surface area (Å²) in [7, 11) is 6.46. The highest BCUT2D eigenvalue weighted by Crippen LogP contribution is 2.28. The Morgan fingerprint density at radius 1 is 0.433 bits per heavy atom. The summed E-state index contributed by atoms with van der Waals surface area (Å²) >= 11 is 0. The number of methoxy groups -OCH3 is 4. The minimum Gasteiger partial charge on any atom is -0.495 e. The zero-order valence-electron chi connectivity index (χ0n) is 17.4. The molecule has 0 amide bonds. The van der Waals surface area contributed by atoms with Crippen LogP contribution in [0.25, 0.3) is 0 Å². The van der Waals surface area contributed by atoms with Crippen LogP contribution in [0.4, 0.5) is 0 Å². The summed E-state index contributed by atoms with van der Waals surface area (Å²) in [6.07, 6.45) is 0. The van der Waals surface area contributed by atoms with Crippen LogP contribution in [0.2, 0.25) is 0 Å². The lowest BCUT2D eigenvalue weighted by Gasteiger charge is -2.07. The minimum absolute atomic E-state index is 0.676. The summed E-state index contributed by atoms with van der Waals surface area (Å²) < 4.78 is 21.5. The van der Waals surface area contributed by atoms with Gasteiger partial charge in [-0.05, 0) is 48.5 Å². The maximum Gasteiger partial charge on any atom is 0.138 e. The molecule has 0 saturated heterocycles. The summed E-state index contributed by atoms with van der Waals surface area (Å²) in [5, 5.41) is 0. The van der Waals surface area contributed by atoms with E-state index < -0.39 is 0 Å². The molecule has 0 fully saturated rings. The van der Waals surface area contributed by atoms with Gasteiger partial charge in [0, 0.05) is 11.1 Å². The van der Waals surface area contributed by atoms with Crippen molar-refractivity contribution >= 4 is 0 Å². The molecule has 0 heterocycles. The molecule has 4 nitrogen and oxygen atoms in total. The molecule has 0 unspecified atom stereocenters. The molecule has 0 saturated carbocycles. The fourth-order valence-corrected chi connectivity index (χ4v) is 2.86. The van der Waals surface area contributed by atoms with E-state index >= 15 is 0 Å². The largest absolute Gasteiger partial charge is 0.495 e. The molecule has 0 atom stereocenters. The molecule has 0 spiro atoms. The Labute approximate surface area is 177 Å². The number of ether oxygens (including phenoxy) is 4. The van der Waals surface area contributed by atoms with E-state index in [4.69, 9.17) is 18.9 Å². The van der Waals surface area contributed by atoms with E-state index in [0.29, 0.717) is 23.0 Å². The van der Waals surface area contributed by atoms with Gasteiger partial charge >= 0.3 is 0 Å². The molecule has 0 aliphatic carbocycles. The zero-order valence-corrected chi connectivity index (χ0v) is 17.4. The van der Waals surface area contributed by atoms with Gasteiger partial charge in [-0.25, -0.2) is 0 Å². The molecule has 3 rings (SSSR count). The van der Waals surface area contributed by atoms with Gasteiger partial charge in [0.2, 0.25) is 0 Å². The highest BCUT2D eigenvalue weighted by atomic mass is 16.5. The first-order chi connectivity index (χ1) is 14.7. The topological polar surface area (TPSA) is 36.9 Å². The summed E-state index contributed by atoms with van der Waals surface area (Å²) in [6.45, 7) is 0. The molecule has 3 aromatic rings. The van der Waals surface area contributed by atoms with Gasteiger partial charge in [-0.3, -0.25) is 0 Å². The van der Waals surface area contributed by atoms with Crippen molar-refractivity contribution in [3.8, 4) is 46.7 Å². The molecule has 150 valence electrons. The van der Waals surface area contributed by atoms with Gasteiger partial charge < -0.3 is 18.9 Å². The van der Waals surface area contributed by atoms with E-state index in [1.54, 1.807) is 28.4 Å². The van der Waals surface area contributed by atoms with E-state index in [2.05, 4.69) is 23.7 Å². The smallest absolute Gasteiger partial charge is 0.138 e. The number of benzene rings is 3. The second-order valence-electron chi connectivity index (χ2n) is 6.15. The lowest BCUT2D eigenvalue weighted by Crippen LogP contribution is -1.93. The molecule has 30 heavy (non-hydrogen) atoms. The van der Waals surface area contributed by atoms with E-state index in [1.807, 2.05) is 60.7 Å². The average Bonchev–Trinajstić information content (AvgIpc) is 2.81. The third-order valence-corrected chi connectivity index (χ3v) is 4.40. The predicted octanol–water partition coefficient (Wildman–Crippen LogP) is 4.52. The van der Waals surface area contributed by atoms with Crippen LogP contribution in [0.15, 0.2) is 60.7 Å². The zero-order chi connectivity index (χ0) is 21.3. The van der Waals surface area contributed by atoms with Crippen molar-refractivity contribution in [3.63, 3.8) is 0 Å². The summed E-state index contributed by atoms with van der Waals surface area (Å²) in [4.78, 5) is 0. The van der Waals surface area contributed by atoms with E-state index in [0.717, 1.165) is 22.3 Å². The Kier molecular flexibility index (Phi) is 6.87. The average molecular weight is 398 g/mol. The van der Waals surface area contributed by atoms with Gasteiger partial charge in [0.25, 0.3) is 0 Å². The van der Waals surface area contributed by atoms with E-state index in [-0.39, 0.29) is 0 Å². The second-order valence-corrected chi connectivity index (χ2v) is 6.15. The Morgan fingerprint density at radius 3 is 1.00 bits per heavy atom. The van der Waals surface area contributed by atoms with E-state index in [9.17, 15) is 0 Å². The second kappa shape index (κ2) is 9.96. The SMILES string of the molecule is COc1cccc(OC)c1C#Cc1ccc(C#Cc2c(OC)cccc2OC)cc1. The molecular formula is C26H22O4. The monoisotopic (exact) mass is 398 g/mol. The van der Waals surface area contributed by atoms with Crippen LogP contribution in [0.3, 0.4) is 0 Å². The Balaban J connectivity index is 1.86.